The van der Waals surface area contributed by atoms with Crippen LogP contribution in [0, 0.1) is 0 Å². The van der Waals surface area contributed by atoms with Crippen LogP contribution in [0.3, 0.4) is 0 Å². The van der Waals surface area contributed by atoms with E-state index in [4.69, 9.17) is 0 Å². The van der Waals surface area contributed by atoms with Gasteiger partial charge >= 0.3 is 6.03 Å². The summed E-state index contributed by atoms with van der Waals surface area (Å²) in [6.45, 7) is 0. The molecule has 0 radical (unpaired) electrons. The minimum absolute atomic E-state index is 0.191. The van der Waals surface area contributed by atoms with E-state index < -0.39 is 0 Å². The summed E-state index contributed by atoms with van der Waals surface area (Å²) in [6.07, 6.45) is 5.13. The van der Waals surface area contributed by atoms with Gasteiger partial charge in [0, 0.05) is 24.2 Å². The summed E-state index contributed by atoms with van der Waals surface area (Å²) in [5.74, 6) is 0. The van der Waals surface area contributed by atoms with Crippen LogP contribution >= 0.6 is 0 Å². The van der Waals surface area contributed by atoms with E-state index in [9.17, 15) is 4.79 Å². The van der Waals surface area contributed by atoms with Gasteiger partial charge in [0.05, 0.1) is 17.4 Å². The van der Waals surface area contributed by atoms with Crippen LogP contribution in [-0.4, -0.2) is 16.0 Å². The summed E-state index contributed by atoms with van der Waals surface area (Å²) in [7, 11) is 0. The fourth-order valence-corrected chi connectivity index (χ4v) is 3.85. The summed E-state index contributed by atoms with van der Waals surface area (Å²) < 4.78 is 0. The number of anilines is 1. The zero-order chi connectivity index (χ0) is 19.6. The Balaban J connectivity index is 1.43. The molecule has 1 aliphatic rings. The van der Waals surface area contributed by atoms with Gasteiger partial charge in [0.15, 0.2) is 0 Å². The van der Waals surface area contributed by atoms with E-state index in [1.807, 2.05) is 42.5 Å². The highest BCUT2D eigenvalue weighted by atomic mass is 16.2. The number of hydrogen-bond donors (Lipinski definition) is 2. The molecule has 0 saturated carbocycles. The highest BCUT2D eigenvalue weighted by Gasteiger charge is 2.29. The monoisotopic (exact) mass is 378 g/mol. The molecule has 0 bridgehead atoms. The summed E-state index contributed by atoms with van der Waals surface area (Å²) in [4.78, 5) is 21.4. The fraction of sp³-hybridized carbons (Fsp3) is 0.0417. The van der Waals surface area contributed by atoms with Gasteiger partial charge < -0.3 is 10.6 Å². The topological polar surface area (TPSA) is 66.9 Å². The van der Waals surface area contributed by atoms with Gasteiger partial charge in [-0.15, -0.1) is 0 Å². The molecule has 0 atom stereocenters. The fourth-order valence-electron chi connectivity index (χ4n) is 3.85. The molecule has 2 heterocycles. The van der Waals surface area contributed by atoms with Crippen molar-refractivity contribution in [2.45, 2.75) is 6.04 Å². The number of amides is 2. The van der Waals surface area contributed by atoms with Crippen molar-refractivity contribution < 1.29 is 4.79 Å². The van der Waals surface area contributed by atoms with Gasteiger partial charge in [-0.05, 0) is 46.5 Å². The molecule has 5 rings (SSSR count). The lowest BCUT2D eigenvalue weighted by molar-refractivity contribution is 0.250. The number of pyridine rings is 2. The Bertz CT molecular complexity index is 1140. The third-order valence-corrected chi connectivity index (χ3v) is 5.12. The van der Waals surface area contributed by atoms with Crippen LogP contribution < -0.4 is 10.6 Å². The van der Waals surface area contributed by atoms with Crippen LogP contribution in [0.4, 0.5) is 10.5 Å². The van der Waals surface area contributed by atoms with Crippen LogP contribution in [0.15, 0.2) is 91.4 Å². The molecule has 2 amide bonds. The Morgan fingerprint density at radius 2 is 1.41 bits per heavy atom. The SMILES string of the molecule is O=C(Nc1cccnc1-c1ccncc1)NC1c2ccccc2-c2ccccc21. The van der Waals surface area contributed by atoms with Gasteiger partial charge in [-0.1, -0.05) is 48.5 Å². The van der Waals surface area contributed by atoms with Gasteiger partial charge in [-0.2, -0.15) is 0 Å². The van der Waals surface area contributed by atoms with Gasteiger partial charge in [-0.25, -0.2) is 4.79 Å². The third-order valence-electron chi connectivity index (χ3n) is 5.12. The molecule has 140 valence electrons. The second kappa shape index (κ2) is 7.20. The maximum atomic E-state index is 12.9. The Kier molecular flexibility index (Phi) is 4.26. The number of rotatable bonds is 3. The quantitative estimate of drug-likeness (QED) is 0.525. The second-order valence-electron chi connectivity index (χ2n) is 6.84. The number of aromatic nitrogens is 2. The van der Waals surface area contributed by atoms with Crippen LogP contribution in [0.5, 0.6) is 0 Å². The largest absolute Gasteiger partial charge is 0.327 e. The number of nitrogens with zero attached hydrogens (tertiary/aromatic N) is 2. The van der Waals surface area contributed by atoms with Crippen LogP contribution in [0.1, 0.15) is 17.2 Å². The Morgan fingerprint density at radius 3 is 2.10 bits per heavy atom. The number of carbonyl (C=O) groups excluding carboxylic acids is 1. The molecule has 4 aromatic rings. The van der Waals surface area contributed by atoms with Crippen molar-refractivity contribution in [1.82, 2.24) is 15.3 Å². The zero-order valence-electron chi connectivity index (χ0n) is 15.5. The number of fused-ring (bicyclic) bond motifs is 3. The Morgan fingerprint density at radius 1 is 0.759 bits per heavy atom. The van der Waals surface area contributed by atoms with E-state index in [1.165, 1.54) is 0 Å². The smallest absolute Gasteiger partial charge is 0.320 e. The average molecular weight is 378 g/mol. The van der Waals surface area contributed by atoms with Crippen LogP contribution in [0.25, 0.3) is 22.4 Å². The van der Waals surface area contributed by atoms with Gasteiger partial charge in [0.1, 0.15) is 0 Å². The van der Waals surface area contributed by atoms with Crippen molar-refractivity contribution in [3.63, 3.8) is 0 Å². The molecule has 2 aromatic carbocycles. The van der Waals surface area contributed by atoms with Crippen LogP contribution in [0.2, 0.25) is 0 Å². The first-order valence-electron chi connectivity index (χ1n) is 9.42. The molecule has 0 spiro atoms. The number of carbonyl (C=O) groups is 1. The van der Waals surface area contributed by atoms with Crippen molar-refractivity contribution >= 4 is 11.7 Å². The third kappa shape index (κ3) is 3.12. The minimum atomic E-state index is -0.273. The summed E-state index contributed by atoms with van der Waals surface area (Å²) in [5, 5.41) is 6.09. The lowest BCUT2D eigenvalue weighted by atomic mass is 10.1. The molecular formula is C24H18N4O. The molecular weight excluding hydrogens is 360 g/mol. The molecule has 5 nitrogen and oxygen atoms in total. The number of hydrogen-bond acceptors (Lipinski definition) is 3. The maximum Gasteiger partial charge on any atom is 0.320 e. The standard InChI is InChI=1S/C24H18N4O/c29-24(27-21-10-5-13-26-22(21)16-11-14-25-15-12-16)28-23-19-8-3-1-6-17(19)18-7-2-4-9-20(18)23/h1-15,23H,(H2,27,28,29). The summed E-state index contributed by atoms with van der Waals surface area (Å²) in [6, 6.07) is 23.3. The molecule has 5 heteroatoms. The average Bonchev–Trinajstić information content (AvgIpc) is 3.09. The van der Waals surface area contributed by atoms with Gasteiger partial charge in [-0.3, -0.25) is 9.97 Å². The second-order valence-corrected chi connectivity index (χ2v) is 6.84. The molecule has 2 N–H and O–H groups in total. The lowest BCUT2D eigenvalue weighted by Gasteiger charge is -2.17. The van der Waals surface area contributed by atoms with Crippen molar-refractivity contribution in [2.75, 3.05) is 5.32 Å². The number of urea groups is 1. The zero-order valence-corrected chi connectivity index (χ0v) is 15.5. The Hall–Kier alpha value is -3.99. The number of nitrogens with one attached hydrogen (secondary N) is 2. The van der Waals surface area contributed by atoms with E-state index >= 15 is 0 Å². The van der Waals surface area contributed by atoms with Crippen molar-refractivity contribution in [2.24, 2.45) is 0 Å². The predicted octanol–water partition coefficient (Wildman–Crippen LogP) is 5.04. The highest BCUT2D eigenvalue weighted by molar-refractivity contribution is 5.94. The molecule has 0 unspecified atom stereocenters. The van der Waals surface area contributed by atoms with Crippen molar-refractivity contribution in [3.05, 3.63) is 103 Å². The van der Waals surface area contributed by atoms with E-state index in [-0.39, 0.29) is 12.1 Å². The van der Waals surface area contributed by atoms with E-state index in [1.54, 1.807) is 24.7 Å². The van der Waals surface area contributed by atoms with Gasteiger partial charge in [0.25, 0.3) is 0 Å². The summed E-state index contributed by atoms with van der Waals surface area (Å²) >= 11 is 0. The highest BCUT2D eigenvalue weighted by Crippen LogP contribution is 2.43. The molecule has 0 fully saturated rings. The maximum absolute atomic E-state index is 12.9. The van der Waals surface area contributed by atoms with Crippen LogP contribution in [-0.2, 0) is 0 Å². The molecule has 29 heavy (non-hydrogen) atoms. The van der Waals surface area contributed by atoms with Crippen molar-refractivity contribution in [3.8, 4) is 22.4 Å². The Labute approximate surface area is 168 Å². The van der Waals surface area contributed by atoms with E-state index in [0.29, 0.717) is 11.4 Å². The molecule has 1 aliphatic carbocycles. The lowest BCUT2D eigenvalue weighted by Crippen LogP contribution is -2.32. The minimum Gasteiger partial charge on any atom is -0.327 e. The van der Waals surface area contributed by atoms with Crippen molar-refractivity contribution in [1.29, 1.82) is 0 Å². The number of benzene rings is 2. The summed E-state index contributed by atoms with van der Waals surface area (Å²) in [5.41, 5.74) is 6.77. The van der Waals surface area contributed by atoms with E-state index in [0.717, 1.165) is 27.8 Å². The van der Waals surface area contributed by atoms with E-state index in [2.05, 4.69) is 44.9 Å². The predicted molar refractivity (Wildman–Crippen MR) is 113 cm³/mol. The molecule has 0 saturated heterocycles. The molecule has 0 aliphatic heterocycles. The first kappa shape index (κ1) is 17.1. The normalized spacial score (nSPS) is 12.1. The van der Waals surface area contributed by atoms with Gasteiger partial charge in [0.2, 0.25) is 0 Å². The first-order valence-corrected chi connectivity index (χ1v) is 9.42. The molecule has 2 aromatic heterocycles. The first-order chi connectivity index (χ1) is 14.3.